The van der Waals surface area contributed by atoms with Gasteiger partial charge in [0.1, 0.15) is 4.21 Å². The SMILES string of the molecule is O=C(Cc1ccc(Cl)c(Cl)c1)N1CCN(S(=O)(=O)c2ccc(Br)s2)CC1. The van der Waals surface area contributed by atoms with Crippen LogP contribution in [0.2, 0.25) is 10.0 Å². The van der Waals surface area contributed by atoms with E-state index in [1.165, 1.54) is 15.6 Å². The number of hydrogen-bond donors (Lipinski definition) is 0. The van der Waals surface area contributed by atoms with Crippen LogP contribution in [0.3, 0.4) is 0 Å². The largest absolute Gasteiger partial charge is 0.340 e. The van der Waals surface area contributed by atoms with Crippen LogP contribution in [0, 0.1) is 0 Å². The monoisotopic (exact) mass is 496 g/mol. The highest BCUT2D eigenvalue weighted by molar-refractivity contribution is 9.11. The first kappa shape index (κ1) is 20.1. The zero-order chi connectivity index (χ0) is 18.9. The van der Waals surface area contributed by atoms with Gasteiger partial charge in [0.2, 0.25) is 5.91 Å². The van der Waals surface area contributed by atoms with Gasteiger partial charge in [0.25, 0.3) is 10.0 Å². The van der Waals surface area contributed by atoms with Gasteiger partial charge in [-0.05, 0) is 45.8 Å². The van der Waals surface area contributed by atoms with Gasteiger partial charge in [-0.15, -0.1) is 11.3 Å². The van der Waals surface area contributed by atoms with Crippen LogP contribution in [-0.2, 0) is 21.2 Å². The number of halogens is 3. The number of thiophene rings is 1. The lowest BCUT2D eigenvalue weighted by Gasteiger charge is -2.33. The molecule has 1 fully saturated rings. The van der Waals surface area contributed by atoms with E-state index >= 15 is 0 Å². The number of carbonyl (C=O) groups is 1. The molecule has 1 aromatic heterocycles. The van der Waals surface area contributed by atoms with Crippen molar-refractivity contribution in [3.05, 3.63) is 49.7 Å². The molecule has 26 heavy (non-hydrogen) atoms. The molecular weight excluding hydrogens is 483 g/mol. The van der Waals surface area contributed by atoms with Gasteiger partial charge < -0.3 is 4.90 Å². The molecule has 140 valence electrons. The molecule has 0 bridgehead atoms. The van der Waals surface area contributed by atoms with Crippen LogP contribution in [0.5, 0.6) is 0 Å². The van der Waals surface area contributed by atoms with Gasteiger partial charge in [-0.3, -0.25) is 4.79 Å². The Balaban J connectivity index is 1.61. The maximum Gasteiger partial charge on any atom is 0.252 e. The maximum atomic E-state index is 12.6. The van der Waals surface area contributed by atoms with Crippen LogP contribution in [0.25, 0.3) is 0 Å². The minimum atomic E-state index is -3.51. The third kappa shape index (κ3) is 4.43. The van der Waals surface area contributed by atoms with Gasteiger partial charge >= 0.3 is 0 Å². The van der Waals surface area contributed by atoms with Crippen LogP contribution in [0.4, 0.5) is 0 Å². The molecule has 0 radical (unpaired) electrons. The second kappa shape index (κ2) is 8.16. The van der Waals surface area contributed by atoms with E-state index in [9.17, 15) is 13.2 Å². The molecule has 0 saturated carbocycles. The quantitative estimate of drug-likeness (QED) is 0.643. The zero-order valence-corrected chi connectivity index (χ0v) is 18.2. The molecule has 3 rings (SSSR count). The third-order valence-electron chi connectivity index (χ3n) is 4.07. The predicted octanol–water partition coefficient (Wildman–Crippen LogP) is 3.89. The molecule has 0 spiro atoms. The van der Waals surface area contributed by atoms with Gasteiger partial charge in [0.15, 0.2) is 0 Å². The van der Waals surface area contributed by atoms with Gasteiger partial charge in [-0.1, -0.05) is 29.3 Å². The Kier molecular flexibility index (Phi) is 6.31. The summed E-state index contributed by atoms with van der Waals surface area (Å²) in [5.74, 6) is -0.0562. The predicted molar refractivity (Wildman–Crippen MR) is 108 cm³/mol. The Bertz CT molecular complexity index is 925. The lowest BCUT2D eigenvalue weighted by Crippen LogP contribution is -2.50. The zero-order valence-electron chi connectivity index (χ0n) is 13.5. The number of benzene rings is 1. The summed E-state index contributed by atoms with van der Waals surface area (Å²) >= 11 is 16.3. The van der Waals surface area contributed by atoms with Crippen molar-refractivity contribution in [2.75, 3.05) is 26.2 Å². The van der Waals surface area contributed by atoms with E-state index in [-0.39, 0.29) is 25.4 Å². The molecule has 0 atom stereocenters. The van der Waals surface area contributed by atoms with Crippen molar-refractivity contribution in [2.45, 2.75) is 10.6 Å². The highest BCUT2D eigenvalue weighted by Crippen LogP contribution is 2.29. The number of rotatable bonds is 4. The van der Waals surface area contributed by atoms with Gasteiger partial charge in [0, 0.05) is 26.2 Å². The summed E-state index contributed by atoms with van der Waals surface area (Å²) in [6.45, 7) is 1.30. The molecule has 2 aromatic rings. The second-order valence-electron chi connectivity index (χ2n) is 5.77. The molecule has 5 nitrogen and oxygen atoms in total. The molecule has 2 heterocycles. The average molecular weight is 498 g/mol. The minimum Gasteiger partial charge on any atom is -0.340 e. The fraction of sp³-hybridized carbons (Fsp3) is 0.312. The van der Waals surface area contributed by atoms with Crippen molar-refractivity contribution in [3.63, 3.8) is 0 Å². The van der Waals surface area contributed by atoms with Crippen LogP contribution in [-0.4, -0.2) is 49.7 Å². The number of nitrogens with zero attached hydrogens (tertiary/aromatic N) is 2. The fourth-order valence-corrected chi connectivity index (χ4v) is 6.58. The summed E-state index contributed by atoms with van der Waals surface area (Å²) in [6.07, 6.45) is 0.210. The molecule has 1 aliphatic heterocycles. The Morgan fingerprint density at radius 3 is 2.35 bits per heavy atom. The van der Waals surface area contributed by atoms with E-state index in [1.807, 2.05) is 0 Å². The highest BCUT2D eigenvalue weighted by Gasteiger charge is 2.31. The van der Waals surface area contributed by atoms with Crippen molar-refractivity contribution in [2.24, 2.45) is 0 Å². The average Bonchev–Trinajstić information content (AvgIpc) is 3.05. The van der Waals surface area contributed by atoms with E-state index in [4.69, 9.17) is 23.2 Å². The van der Waals surface area contributed by atoms with Crippen LogP contribution in [0.1, 0.15) is 5.56 Å². The summed E-state index contributed by atoms with van der Waals surface area (Å²) in [5, 5.41) is 0.858. The molecular formula is C16H15BrCl2N2O3S2. The summed E-state index contributed by atoms with van der Waals surface area (Å²) in [5.41, 5.74) is 0.780. The van der Waals surface area contributed by atoms with E-state index in [0.717, 1.165) is 9.35 Å². The summed E-state index contributed by atoms with van der Waals surface area (Å²) in [7, 11) is -3.51. The summed E-state index contributed by atoms with van der Waals surface area (Å²) < 4.78 is 27.7. The van der Waals surface area contributed by atoms with Crippen molar-refractivity contribution < 1.29 is 13.2 Å². The first-order valence-corrected chi connectivity index (χ1v) is 11.5. The summed E-state index contributed by atoms with van der Waals surface area (Å²) in [6, 6.07) is 8.41. The van der Waals surface area contributed by atoms with Crippen LogP contribution < -0.4 is 0 Å². The number of hydrogen-bond acceptors (Lipinski definition) is 4. The van der Waals surface area contributed by atoms with Crippen LogP contribution >= 0.6 is 50.5 Å². The lowest BCUT2D eigenvalue weighted by molar-refractivity contribution is -0.131. The molecule has 0 unspecified atom stereocenters. The molecule has 1 aromatic carbocycles. The van der Waals surface area contributed by atoms with Crippen molar-refractivity contribution in [1.29, 1.82) is 0 Å². The second-order valence-corrected chi connectivity index (χ2v) is 11.2. The normalized spacial score (nSPS) is 16.0. The molecule has 1 aliphatic rings. The number of carbonyl (C=O) groups excluding carboxylic acids is 1. The first-order valence-electron chi connectivity index (χ1n) is 7.74. The first-order chi connectivity index (χ1) is 12.3. The fourth-order valence-electron chi connectivity index (χ4n) is 2.68. The molecule has 1 amide bonds. The van der Waals surface area contributed by atoms with E-state index < -0.39 is 10.0 Å². The Hall–Kier alpha value is -0.640. The Labute approximate surface area is 174 Å². The minimum absolute atomic E-state index is 0.0562. The Morgan fingerprint density at radius 2 is 1.77 bits per heavy atom. The van der Waals surface area contributed by atoms with Gasteiger partial charge in [0.05, 0.1) is 20.3 Å². The molecule has 0 aliphatic carbocycles. The lowest BCUT2D eigenvalue weighted by atomic mass is 10.1. The van der Waals surface area contributed by atoms with Gasteiger partial charge in [-0.2, -0.15) is 4.31 Å². The van der Waals surface area contributed by atoms with Crippen molar-refractivity contribution in [3.8, 4) is 0 Å². The maximum absolute atomic E-state index is 12.6. The number of piperazine rings is 1. The van der Waals surface area contributed by atoms with Crippen molar-refractivity contribution >= 4 is 66.4 Å². The molecule has 10 heteroatoms. The topological polar surface area (TPSA) is 57.7 Å². The van der Waals surface area contributed by atoms with E-state index in [0.29, 0.717) is 27.3 Å². The van der Waals surface area contributed by atoms with E-state index in [1.54, 1.807) is 35.2 Å². The van der Waals surface area contributed by atoms with E-state index in [2.05, 4.69) is 15.9 Å². The third-order valence-corrected chi connectivity index (χ3v) is 8.80. The highest BCUT2D eigenvalue weighted by atomic mass is 79.9. The van der Waals surface area contributed by atoms with Gasteiger partial charge in [-0.25, -0.2) is 8.42 Å². The van der Waals surface area contributed by atoms with Crippen molar-refractivity contribution in [1.82, 2.24) is 9.21 Å². The summed E-state index contributed by atoms with van der Waals surface area (Å²) in [4.78, 5) is 14.2. The smallest absolute Gasteiger partial charge is 0.252 e. The molecule has 1 saturated heterocycles. The standard InChI is InChI=1S/C16H15BrCl2N2O3S2/c17-14-3-4-16(25-14)26(23,24)21-7-5-20(6-8-21)15(22)10-11-1-2-12(18)13(19)9-11/h1-4,9H,5-8,10H2. The van der Waals surface area contributed by atoms with Crippen LogP contribution in [0.15, 0.2) is 38.3 Å². The molecule has 0 N–H and O–H groups in total. The number of amides is 1. The Morgan fingerprint density at radius 1 is 1.08 bits per heavy atom. The number of sulfonamides is 1.